The zero-order valence-corrected chi connectivity index (χ0v) is 20.6. The summed E-state index contributed by atoms with van der Waals surface area (Å²) < 4.78 is 0. The zero-order chi connectivity index (χ0) is 25.0. The second-order valence-corrected chi connectivity index (χ2v) is 9.89. The quantitative estimate of drug-likeness (QED) is 0.191. The second kappa shape index (κ2) is 12.9. The Morgan fingerprint density at radius 2 is 0.889 bits per heavy atom. The van der Waals surface area contributed by atoms with Gasteiger partial charge >= 0.3 is 0 Å². The third-order valence-electron chi connectivity index (χ3n) is 5.37. The fourth-order valence-corrected chi connectivity index (χ4v) is 5.76. The Hall–Kier alpha value is -4.34. The zero-order valence-electron chi connectivity index (χ0n) is 19.7. The highest BCUT2D eigenvalue weighted by Gasteiger charge is 2.27. The molecule has 5 aromatic rings. The van der Waals surface area contributed by atoms with Crippen LogP contribution in [0.1, 0.15) is 21.5 Å². The maximum atomic E-state index is 10.9. The lowest BCUT2D eigenvalue weighted by atomic mass is 10.1. The van der Waals surface area contributed by atoms with Crippen molar-refractivity contribution >= 4 is 29.0 Å². The maximum Gasteiger partial charge on any atom is 0.166 e. The SMILES string of the molecule is O=C([O-])c1ccccc1C=Cc1ccccc1.c1ccc([S+](c2ccccc2)c2ccccc2)cc1. The van der Waals surface area contributed by atoms with Crippen LogP contribution in [-0.4, -0.2) is 5.97 Å². The van der Waals surface area contributed by atoms with E-state index in [4.69, 9.17) is 0 Å². The molecule has 0 bridgehead atoms. The van der Waals surface area contributed by atoms with E-state index in [1.807, 2.05) is 36.4 Å². The molecule has 0 atom stereocenters. The minimum atomic E-state index is -1.15. The average Bonchev–Trinajstić information content (AvgIpc) is 2.95. The summed E-state index contributed by atoms with van der Waals surface area (Å²) >= 11 is 0. The van der Waals surface area contributed by atoms with Crippen molar-refractivity contribution in [2.24, 2.45) is 0 Å². The molecule has 5 aromatic carbocycles. The van der Waals surface area contributed by atoms with Gasteiger partial charge in [0, 0.05) is 5.56 Å². The summed E-state index contributed by atoms with van der Waals surface area (Å²) in [6.07, 6.45) is 3.66. The summed E-state index contributed by atoms with van der Waals surface area (Å²) in [5.74, 6) is -1.15. The average molecular weight is 487 g/mol. The molecule has 0 aliphatic carbocycles. The Kier molecular flexibility index (Phi) is 8.90. The highest BCUT2D eigenvalue weighted by molar-refractivity contribution is 7.97. The second-order valence-electron chi connectivity index (χ2n) is 7.86. The first-order valence-corrected chi connectivity index (χ1v) is 12.9. The molecule has 0 fully saturated rings. The maximum absolute atomic E-state index is 10.9. The predicted molar refractivity (Wildman–Crippen MR) is 148 cm³/mol. The van der Waals surface area contributed by atoms with Gasteiger partial charge in [-0.3, -0.25) is 0 Å². The van der Waals surface area contributed by atoms with Crippen LogP contribution in [0.2, 0.25) is 0 Å². The van der Waals surface area contributed by atoms with Gasteiger partial charge in [-0.25, -0.2) is 0 Å². The van der Waals surface area contributed by atoms with Gasteiger partial charge in [0.15, 0.2) is 14.7 Å². The normalized spacial score (nSPS) is 10.6. The third kappa shape index (κ3) is 6.84. The highest BCUT2D eigenvalue weighted by Crippen LogP contribution is 2.30. The van der Waals surface area contributed by atoms with Crippen LogP contribution in [0.15, 0.2) is 160 Å². The molecule has 0 N–H and O–H groups in total. The fourth-order valence-electron chi connectivity index (χ4n) is 3.66. The molecule has 0 aromatic heterocycles. The monoisotopic (exact) mass is 486 g/mol. The van der Waals surface area contributed by atoms with Crippen LogP contribution in [-0.2, 0) is 10.9 Å². The molecular weight excluding hydrogens is 460 g/mol. The van der Waals surface area contributed by atoms with Gasteiger partial charge in [-0.05, 0) is 47.5 Å². The lowest BCUT2D eigenvalue weighted by Crippen LogP contribution is -2.23. The number of aromatic carboxylic acids is 1. The molecule has 0 saturated carbocycles. The van der Waals surface area contributed by atoms with E-state index in [1.165, 1.54) is 14.7 Å². The molecule has 176 valence electrons. The van der Waals surface area contributed by atoms with E-state index in [0.29, 0.717) is 5.56 Å². The number of benzene rings is 5. The summed E-state index contributed by atoms with van der Waals surface area (Å²) in [5, 5.41) is 10.9. The van der Waals surface area contributed by atoms with Crippen molar-refractivity contribution < 1.29 is 9.90 Å². The number of carbonyl (C=O) groups is 1. The Morgan fingerprint density at radius 3 is 1.33 bits per heavy atom. The van der Waals surface area contributed by atoms with Gasteiger partial charge in [-0.15, -0.1) is 0 Å². The van der Waals surface area contributed by atoms with Gasteiger partial charge in [-0.1, -0.05) is 121 Å². The van der Waals surface area contributed by atoms with Crippen molar-refractivity contribution in [3.8, 4) is 0 Å². The van der Waals surface area contributed by atoms with E-state index in [2.05, 4.69) is 91.0 Å². The molecule has 2 nitrogen and oxygen atoms in total. The van der Waals surface area contributed by atoms with Crippen LogP contribution in [0, 0.1) is 0 Å². The summed E-state index contributed by atoms with van der Waals surface area (Å²) in [7, 11) is -0.0146. The molecule has 0 aliphatic rings. The topological polar surface area (TPSA) is 40.1 Å². The molecule has 36 heavy (non-hydrogen) atoms. The van der Waals surface area contributed by atoms with Crippen molar-refractivity contribution in [1.29, 1.82) is 0 Å². The van der Waals surface area contributed by atoms with Gasteiger partial charge < -0.3 is 9.90 Å². The van der Waals surface area contributed by atoms with E-state index in [0.717, 1.165) is 5.56 Å². The van der Waals surface area contributed by atoms with Crippen molar-refractivity contribution in [3.63, 3.8) is 0 Å². The van der Waals surface area contributed by atoms with Crippen molar-refractivity contribution in [1.82, 2.24) is 0 Å². The number of rotatable bonds is 6. The molecule has 3 heteroatoms. The Balaban J connectivity index is 0.000000170. The number of carboxylic acid groups (broad SMARTS) is 1. The minimum absolute atomic E-state index is 0.0146. The van der Waals surface area contributed by atoms with Crippen molar-refractivity contribution in [3.05, 3.63) is 162 Å². The Morgan fingerprint density at radius 1 is 0.500 bits per heavy atom. The van der Waals surface area contributed by atoms with Crippen molar-refractivity contribution in [2.45, 2.75) is 14.7 Å². The van der Waals surface area contributed by atoms with E-state index in [1.54, 1.807) is 30.3 Å². The van der Waals surface area contributed by atoms with Gasteiger partial charge in [0.2, 0.25) is 0 Å². The minimum Gasteiger partial charge on any atom is -0.545 e. The first-order valence-electron chi connectivity index (χ1n) is 11.7. The summed E-state index contributed by atoms with van der Waals surface area (Å²) in [4.78, 5) is 15.0. The highest BCUT2D eigenvalue weighted by atomic mass is 32.2. The van der Waals surface area contributed by atoms with E-state index < -0.39 is 5.97 Å². The van der Waals surface area contributed by atoms with Crippen LogP contribution >= 0.6 is 0 Å². The van der Waals surface area contributed by atoms with Gasteiger partial charge in [0.1, 0.15) is 0 Å². The molecule has 0 amide bonds. The molecule has 0 spiro atoms. The first-order chi connectivity index (χ1) is 17.7. The molecular formula is C33H26O2S. The largest absolute Gasteiger partial charge is 0.545 e. The summed E-state index contributed by atoms with van der Waals surface area (Å²) in [5.41, 5.74) is 1.89. The van der Waals surface area contributed by atoms with Crippen LogP contribution < -0.4 is 5.11 Å². The molecule has 0 saturated heterocycles. The first kappa shape index (κ1) is 24.8. The Labute approximate surface area is 215 Å². The van der Waals surface area contributed by atoms with Crippen molar-refractivity contribution in [2.75, 3.05) is 0 Å². The lowest BCUT2D eigenvalue weighted by Gasteiger charge is -2.07. The van der Waals surface area contributed by atoms with Gasteiger partial charge in [-0.2, -0.15) is 0 Å². The predicted octanol–water partition coefficient (Wildman–Crippen LogP) is 7.00. The molecule has 0 radical (unpaired) electrons. The van der Waals surface area contributed by atoms with E-state index >= 15 is 0 Å². The van der Waals surface area contributed by atoms with Gasteiger partial charge in [0.25, 0.3) is 0 Å². The smallest absolute Gasteiger partial charge is 0.166 e. The van der Waals surface area contributed by atoms with Crippen LogP contribution in [0.3, 0.4) is 0 Å². The Bertz CT molecular complexity index is 1290. The number of carbonyl (C=O) groups excluding carboxylic acids is 1. The fraction of sp³-hybridized carbons (Fsp3) is 0. The van der Waals surface area contributed by atoms with E-state index in [-0.39, 0.29) is 16.5 Å². The summed E-state index contributed by atoms with van der Waals surface area (Å²) in [6, 6.07) is 48.7. The number of hydrogen-bond donors (Lipinski definition) is 0. The number of hydrogen-bond acceptors (Lipinski definition) is 2. The summed E-state index contributed by atoms with van der Waals surface area (Å²) in [6.45, 7) is 0. The van der Waals surface area contributed by atoms with Crippen LogP contribution in [0.5, 0.6) is 0 Å². The van der Waals surface area contributed by atoms with Crippen LogP contribution in [0.25, 0.3) is 12.2 Å². The molecule has 5 rings (SSSR count). The standard InChI is InChI=1S/C18H15S.C15H12O2/c1-4-10-16(11-5-1)19(17-12-6-2-7-13-17)18-14-8-3-9-15-18;16-15(17)14-9-5-4-8-13(14)11-10-12-6-2-1-3-7-12/h1-15H;1-11H,(H,16,17)/q+1;/p-1. The third-order valence-corrected chi connectivity index (χ3v) is 7.60. The van der Waals surface area contributed by atoms with Crippen LogP contribution in [0.4, 0.5) is 0 Å². The molecule has 0 heterocycles. The van der Waals surface area contributed by atoms with E-state index in [9.17, 15) is 9.90 Å². The van der Waals surface area contributed by atoms with Gasteiger partial charge in [0.05, 0.1) is 16.9 Å². The number of carboxylic acids is 1. The lowest BCUT2D eigenvalue weighted by molar-refractivity contribution is -0.255. The molecule has 0 unspecified atom stereocenters. The molecule has 0 aliphatic heterocycles.